The molecule has 0 radical (unpaired) electrons. The van der Waals surface area contributed by atoms with E-state index in [1.54, 1.807) is 59.2 Å². The van der Waals surface area contributed by atoms with Gasteiger partial charge in [0.05, 0.1) is 45.9 Å². The number of carboxylic acid groups (broad SMARTS) is 1. The Balaban J connectivity index is 0.000000186. The molecule has 0 aliphatic carbocycles. The molecule has 0 saturated carbocycles. The Morgan fingerprint density at radius 2 is 1.03 bits per heavy atom. The fourth-order valence-corrected chi connectivity index (χ4v) is 10.8. The average molecular weight is 1100 g/mol. The van der Waals surface area contributed by atoms with Crippen LogP contribution in [-0.2, 0) is 32.0 Å². The zero-order valence-electron chi connectivity index (χ0n) is 40.6. The van der Waals surface area contributed by atoms with E-state index in [0.717, 1.165) is 68.8 Å². The molecule has 392 valence electrons. The number of ether oxygens (including phenoxy) is 2. The smallest absolute Gasteiger partial charge is 0.328 e. The Hall–Kier alpha value is -7.28. The highest BCUT2D eigenvalue weighted by Crippen LogP contribution is 2.38. The summed E-state index contributed by atoms with van der Waals surface area (Å²) in [5.74, 6) is 0.0205. The number of aromatic nitrogens is 2. The standard InChI is InChI=1S/C29H26ClN3O3S.C20H19ClN2O2S.C8H8N2O2.CH4/c30-26-17-22(20-3-5-21(6-4-20)29(35)33-11-13-36-14-12-33)15-23-16-25(37-28(23)26)9-8-24(34)7-1-19-2-10-27(31)32-18-19;21-18-11-15(9-16-10-17(12-22)26-19(16)18)13-1-3-14(4-2-13)20(24)23-5-7-25-8-6-23;9-7-3-1-6(5-10-7)2-4-8(11)12;/h1-7,10,15-18H,8-9,11-14H2,(H2,31,32);1-4,9-11H,5-8,12,22H2;1-5H,(H2,9,10)(H,11,12);1H4/b7-1+;;4-2+;. The van der Waals surface area contributed by atoms with Crippen molar-refractivity contribution < 1.29 is 33.8 Å². The van der Waals surface area contributed by atoms with Gasteiger partial charge in [0.1, 0.15) is 11.6 Å². The number of aliphatic carboxylic acids is 1. The van der Waals surface area contributed by atoms with E-state index in [1.165, 1.54) is 12.3 Å². The minimum absolute atomic E-state index is 0. The molecular weight excluding hydrogens is 1040 g/mol. The zero-order chi connectivity index (χ0) is 52.8. The number of ketones is 1. The van der Waals surface area contributed by atoms with Crippen LogP contribution in [0, 0.1) is 0 Å². The molecule has 0 bridgehead atoms. The number of carbonyl (C=O) groups is 4. The summed E-state index contributed by atoms with van der Waals surface area (Å²) in [6, 6.07) is 34.5. The van der Waals surface area contributed by atoms with Crippen molar-refractivity contribution in [3.63, 3.8) is 0 Å². The number of carbonyl (C=O) groups excluding carboxylic acids is 3. The second-order valence-electron chi connectivity index (χ2n) is 17.4. The van der Waals surface area contributed by atoms with Crippen LogP contribution in [0.4, 0.5) is 11.6 Å². The largest absolute Gasteiger partial charge is 0.478 e. The summed E-state index contributed by atoms with van der Waals surface area (Å²) in [6.07, 6.45) is 10.0. The fourth-order valence-electron chi connectivity index (χ4n) is 8.11. The van der Waals surface area contributed by atoms with E-state index in [2.05, 4.69) is 34.2 Å². The first-order chi connectivity index (χ1) is 36.3. The molecule has 2 amide bonds. The van der Waals surface area contributed by atoms with Gasteiger partial charge in [-0.1, -0.05) is 54.9 Å². The van der Waals surface area contributed by atoms with E-state index in [4.69, 9.17) is 55.0 Å². The van der Waals surface area contributed by atoms with Crippen molar-refractivity contribution in [2.45, 2.75) is 26.8 Å². The van der Waals surface area contributed by atoms with Crippen molar-refractivity contribution in [1.29, 1.82) is 0 Å². The minimum Gasteiger partial charge on any atom is -0.478 e. The van der Waals surface area contributed by atoms with Gasteiger partial charge in [-0.3, -0.25) is 14.4 Å². The van der Waals surface area contributed by atoms with Gasteiger partial charge in [-0.2, -0.15) is 0 Å². The van der Waals surface area contributed by atoms with Gasteiger partial charge in [-0.15, -0.1) is 22.7 Å². The Kier molecular flexibility index (Phi) is 20.0. The van der Waals surface area contributed by atoms with Crippen LogP contribution in [0.3, 0.4) is 0 Å². The number of nitrogens with zero attached hydrogens (tertiary/aromatic N) is 4. The van der Waals surface area contributed by atoms with Crippen LogP contribution < -0.4 is 17.2 Å². The summed E-state index contributed by atoms with van der Waals surface area (Å²) in [6.45, 7) is 5.42. The fraction of sp³-hybridized carbons (Fsp3) is 0.207. The highest BCUT2D eigenvalue weighted by atomic mass is 35.5. The van der Waals surface area contributed by atoms with Crippen LogP contribution in [0.15, 0.2) is 134 Å². The number of pyridine rings is 2. The van der Waals surface area contributed by atoms with Gasteiger partial charge < -0.3 is 41.6 Å². The molecule has 2 fully saturated rings. The molecule has 2 aliphatic heterocycles. The number of rotatable bonds is 12. The number of hydrogen-bond acceptors (Lipinski definition) is 13. The maximum Gasteiger partial charge on any atom is 0.328 e. The molecule has 6 heterocycles. The molecule has 76 heavy (non-hydrogen) atoms. The van der Waals surface area contributed by atoms with Crippen molar-refractivity contribution in [2.24, 2.45) is 5.73 Å². The van der Waals surface area contributed by atoms with E-state index in [-0.39, 0.29) is 25.0 Å². The highest BCUT2D eigenvalue weighted by Gasteiger charge is 2.20. The number of aryl methyl sites for hydroxylation is 1. The Bertz CT molecular complexity index is 3350. The third kappa shape index (κ3) is 15.2. The second-order valence-corrected chi connectivity index (χ2v) is 20.4. The number of nitrogens with two attached hydrogens (primary N) is 3. The topological polar surface area (TPSA) is 217 Å². The Morgan fingerprint density at radius 1 is 0.592 bits per heavy atom. The number of amides is 2. The van der Waals surface area contributed by atoms with Gasteiger partial charge in [0, 0.05) is 78.5 Å². The van der Waals surface area contributed by atoms with E-state index in [1.807, 2.05) is 76.5 Å². The molecule has 0 atom stereocenters. The van der Waals surface area contributed by atoms with Gasteiger partial charge >= 0.3 is 5.97 Å². The first-order valence-electron chi connectivity index (χ1n) is 23.9. The molecule has 14 nitrogen and oxygen atoms in total. The molecule has 18 heteroatoms. The average Bonchev–Trinajstić information content (AvgIpc) is 4.08. The highest BCUT2D eigenvalue weighted by molar-refractivity contribution is 7.20. The summed E-state index contributed by atoms with van der Waals surface area (Å²) < 4.78 is 12.7. The second kappa shape index (κ2) is 27.0. The third-order valence-electron chi connectivity index (χ3n) is 12.1. The molecule has 10 rings (SSSR count). The molecular formula is C58H57Cl2N7O7S2. The summed E-state index contributed by atoms with van der Waals surface area (Å²) in [5.41, 5.74) is 23.6. The minimum atomic E-state index is -0.980. The number of hydrogen-bond donors (Lipinski definition) is 4. The van der Waals surface area contributed by atoms with Crippen molar-refractivity contribution in [2.75, 3.05) is 64.1 Å². The van der Waals surface area contributed by atoms with E-state index >= 15 is 0 Å². The summed E-state index contributed by atoms with van der Waals surface area (Å²) in [4.78, 5) is 61.5. The van der Waals surface area contributed by atoms with Gasteiger partial charge in [-0.25, -0.2) is 14.8 Å². The predicted molar refractivity (Wildman–Crippen MR) is 309 cm³/mol. The Morgan fingerprint density at radius 3 is 1.45 bits per heavy atom. The van der Waals surface area contributed by atoms with Gasteiger partial charge in [0.2, 0.25) is 0 Å². The van der Waals surface area contributed by atoms with Crippen molar-refractivity contribution in [3.8, 4) is 22.3 Å². The summed E-state index contributed by atoms with van der Waals surface area (Å²) in [5, 5.41) is 11.9. The van der Waals surface area contributed by atoms with Crippen LogP contribution in [-0.4, -0.2) is 101 Å². The molecule has 4 aromatic heterocycles. The SMILES string of the molecule is C.NCc1cc2cc(-c3ccc(C(=O)N4CCOCC4)cc3)cc(Cl)c2s1.Nc1ccc(/C=C/C(=O)CCc2cc3cc(-c4ccc(C(=O)N5CCOCC5)cc4)cc(Cl)c3s2)cn1.Nc1ccc(/C=C/C(=O)O)cn1. The maximum absolute atomic E-state index is 12.7. The summed E-state index contributed by atoms with van der Waals surface area (Å²) in [7, 11) is 0. The molecule has 2 saturated heterocycles. The number of morpholine rings is 2. The molecule has 8 aromatic rings. The normalized spacial score (nSPS) is 13.5. The monoisotopic (exact) mass is 1100 g/mol. The lowest BCUT2D eigenvalue weighted by Gasteiger charge is -2.26. The van der Waals surface area contributed by atoms with Crippen molar-refractivity contribution in [1.82, 2.24) is 19.8 Å². The van der Waals surface area contributed by atoms with Crippen LogP contribution in [0.25, 0.3) is 54.6 Å². The van der Waals surface area contributed by atoms with Crippen LogP contribution >= 0.6 is 45.9 Å². The van der Waals surface area contributed by atoms with Crippen molar-refractivity contribution >= 4 is 113 Å². The number of carboxylic acids is 1. The number of anilines is 2. The number of fused-ring (bicyclic) bond motifs is 2. The molecule has 0 spiro atoms. The number of halogens is 2. The molecule has 2 aliphatic rings. The van der Waals surface area contributed by atoms with Crippen LogP contribution in [0.1, 0.15) is 55.4 Å². The third-order valence-corrected chi connectivity index (χ3v) is 15.4. The zero-order valence-corrected chi connectivity index (χ0v) is 43.8. The van der Waals surface area contributed by atoms with E-state index < -0.39 is 5.97 Å². The molecule has 0 unspecified atom stereocenters. The Labute approximate surface area is 459 Å². The quantitative estimate of drug-likeness (QED) is 0.0840. The number of benzene rings is 4. The number of thiophene rings is 2. The predicted octanol–water partition coefficient (Wildman–Crippen LogP) is 11.4. The first-order valence-corrected chi connectivity index (χ1v) is 26.3. The molecule has 4 aromatic carbocycles. The molecule has 7 N–H and O–H groups in total. The number of nitrogen functional groups attached to an aromatic ring is 2. The lowest BCUT2D eigenvalue weighted by atomic mass is 10.0. The first kappa shape index (κ1) is 56.4. The lowest BCUT2D eigenvalue weighted by molar-refractivity contribution is -0.131. The van der Waals surface area contributed by atoms with Gasteiger partial charge in [0.25, 0.3) is 11.8 Å². The lowest BCUT2D eigenvalue weighted by Crippen LogP contribution is -2.40. The van der Waals surface area contributed by atoms with Crippen LogP contribution in [0.2, 0.25) is 10.0 Å². The van der Waals surface area contributed by atoms with Crippen LogP contribution in [0.5, 0.6) is 0 Å². The van der Waals surface area contributed by atoms with E-state index in [9.17, 15) is 19.2 Å². The van der Waals surface area contributed by atoms with E-state index in [0.29, 0.717) is 105 Å². The maximum atomic E-state index is 12.7. The number of allylic oxidation sites excluding steroid dienone is 1. The van der Waals surface area contributed by atoms with Crippen molar-refractivity contribution in [3.05, 3.63) is 176 Å². The van der Waals surface area contributed by atoms with Gasteiger partial charge in [0.15, 0.2) is 5.78 Å². The van der Waals surface area contributed by atoms with Gasteiger partial charge in [-0.05, 0) is 154 Å². The summed E-state index contributed by atoms with van der Waals surface area (Å²) >= 11 is 16.4.